The van der Waals surface area contributed by atoms with Crippen molar-refractivity contribution < 1.29 is 9.53 Å². The second-order valence-corrected chi connectivity index (χ2v) is 11.3. The van der Waals surface area contributed by atoms with Gasteiger partial charge in [0.15, 0.2) is 16.7 Å². The zero-order chi connectivity index (χ0) is 27.0. The molecule has 0 atom stereocenters. The summed E-state index contributed by atoms with van der Waals surface area (Å²) in [6.45, 7) is 1.72. The van der Waals surface area contributed by atoms with E-state index >= 15 is 0 Å². The van der Waals surface area contributed by atoms with Gasteiger partial charge in [0, 0.05) is 17.1 Å². The minimum Gasteiger partial charge on any atom is -0.486 e. The van der Waals surface area contributed by atoms with E-state index in [1.54, 1.807) is 0 Å². The fourth-order valence-electron chi connectivity index (χ4n) is 4.62. The first kappa shape index (κ1) is 27.1. The summed E-state index contributed by atoms with van der Waals surface area (Å²) in [7, 11) is 0. The number of para-hydroxylation sites is 1. The lowest BCUT2D eigenvalue weighted by Gasteiger charge is -2.22. The maximum absolute atomic E-state index is 12.4. The third-order valence-corrected chi connectivity index (χ3v) is 8.21. The van der Waals surface area contributed by atoms with E-state index in [4.69, 9.17) is 4.74 Å². The van der Waals surface area contributed by atoms with Crippen LogP contribution in [0, 0.1) is 0 Å². The fourth-order valence-corrected chi connectivity index (χ4v) is 5.67. The summed E-state index contributed by atoms with van der Waals surface area (Å²) in [6.07, 6.45) is 6.51. The van der Waals surface area contributed by atoms with Gasteiger partial charge in [-0.1, -0.05) is 65.5 Å². The van der Waals surface area contributed by atoms with Crippen LogP contribution in [0.2, 0.25) is 0 Å². The van der Waals surface area contributed by atoms with Crippen molar-refractivity contribution in [3.63, 3.8) is 0 Å². The van der Waals surface area contributed by atoms with Gasteiger partial charge in [-0.3, -0.25) is 14.8 Å². The van der Waals surface area contributed by atoms with Crippen LogP contribution in [0.5, 0.6) is 5.75 Å². The van der Waals surface area contributed by atoms with Crippen LogP contribution in [0.3, 0.4) is 0 Å². The maximum atomic E-state index is 12.4. The lowest BCUT2D eigenvalue weighted by atomic mass is 9.84. The van der Waals surface area contributed by atoms with E-state index < -0.39 is 0 Å². The molecule has 0 radical (unpaired) electrons. The van der Waals surface area contributed by atoms with Crippen LogP contribution in [0.4, 0.5) is 5.69 Å². The summed E-state index contributed by atoms with van der Waals surface area (Å²) >= 11 is 4.59. The Kier molecular flexibility index (Phi) is 9.11. The molecular formula is C30H30BrN5O2S. The van der Waals surface area contributed by atoms with Crippen LogP contribution in [0.25, 0.3) is 5.69 Å². The Morgan fingerprint density at radius 2 is 1.72 bits per heavy atom. The minimum atomic E-state index is -0.178. The average molecular weight is 605 g/mol. The van der Waals surface area contributed by atoms with Crippen molar-refractivity contribution in [3.8, 4) is 11.4 Å². The van der Waals surface area contributed by atoms with Crippen molar-refractivity contribution in [2.75, 3.05) is 5.43 Å². The summed E-state index contributed by atoms with van der Waals surface area (Å²) in [4.78, 5) is 12.4. The molecule has 3 aromatic carbocycles. The molecule has 1 N–H and O–H groups in total. The minimum absolute atomic E-state index is 0.178. The van der Waals surface area contributed by atoms with Gasteiger partial charge in [-0.05, 0) is 84.6 Å². The number of ether oxygens (including phenoxy) is 1. The predicted molar refractivity (Wildman–Crippen MR) is 160 cm³/mol. The SMILES string of the molecule is CC(=O)/C(=N\Nc1ccc(Br)cc1)Sc1nnc(COc2ccc(C3CCCCC3)cc2)n1-c1ccccc1. The Morgan fingerprint density at radius 1 is 1.00 bits per heavy atom. The molecule has 0 spiro atoms. The van der Waals surface area contributed by atoms with Crippen LogP contribution < -0.4 is 10.2 Å². The largest absolute Gasteiger partial charge is 0.486 e. The van der Waals surface area contributed by atoms with E-state index in [0.29, 0.717) is 16.9 Å². The number of hydrogen-bond acceptors (Lipinski definition) is 7. The third-order valence-electron chi connectivity index (χ3n) is 6.66. The number of hydrogen-bond donors (Lipinski definition) is 1. The number of anilines is 1. The highest BCUT2D eigenvalue weighted by Gasteiger charge is 2.20. The van der Waals surface area contributed by atoms with E-state index in [1.165, 1.54) is 44.6 Å². The molecule has 1 heterocycles. The van der Waals surface area contributed by atoms with E-state index in [0.717, 1.165) is 33.4 Å². The lowest BCUT2D eigenvalue weighted by Crippen LogP contribution is -2.11. The van der Waals surface area contributed by atoms with Crippen molar-refractivity contribution >= 4 is 44.2 Å². The number of carbonyl (C=O) groups is 1. The van der Waals surface area contributed by atoms with Gasteiger partial charge in [0.2, 0.25) is 5.16 Å². The Hall–Kier alpha value is -3.43. The van der Waals surface area contributed by atoms with Gasteiger partial charge < -0.3 is 4.74 Å². The molecule has 0 saturated heterocycles. The molecule has 7 nitrogen and oxygen atoms in total. The highest BCUT2D eigenvalue weighted by molar-refractivity contribution is 9.10. The Labute approximate surface area is 241 Å². The molecule has 1 fully saturated rings. The van der Waals surface area contributed by atoms with Gasteiger partial charge >= 0.3 is 0 Å². The van der Waals surface area contributed by atoms with Crippen LogP contribution in [-0.2, 0) is 11.4 Å². The fraction of sp³-hybridized carbons (Fsp3) is 0.267. The second kappa shape index (κ2) is 13.1. The number of benzene rings is 3. The van der Waals surface area contributed by atoms with Gasteiger partial charge in [0.05, 0.1) is 5.69 Å². The molecule has 39 heavy (non-hydrogen) atoms. The zero-order valence-electron chi connectivity index (χ0n) is 21.7. The number of nitrogens with one attached hydrogen (secondary N) is 1. The number of halogens is 1. The summed E-state index contributed by atoms with van der Waals surface area (Å²) in [5.74, 6) is 1.90. The number of aromatic nitrogens is 3. The van der Waals surface area contributed by atoms with Gasteiger partial charge in [0.1, 0.15) is 12.4 Å². The van der Waals surface area contributed by atoms with Crippen LogP contribution >= 0.6 is 27.7 Å². The zero-order valence-corrected chi connectivity index (χ0v) is 24.1. The Bertz CT molecular complexity index is 1420. The van der Waals surface area contributed by atoms with E-state index in [1.807, 2.05) is 71.3 Å². The molecule has 0 aliphatic heterocycles. The van der Waals surface area contributed by atoms with E-state index in [-0.39, 0.29) is 17.4 Å². The number of nitrogens with zero attached hydrogens (tertiary/aromatic N) is 4. The van der Waals surface area contributed by atoms with Gasteiger partial charge in [0.25, 0.3) is 0 Å². The second-order valence-electron chi connectivity index (χ2n) is 9.46. The molecule has 5 rings (SSSR count). The summed E-state index contributed by atoms with van der Waals surface area (Å²) < 4.78 is 9.00. The smallest absolute Gasteiger partial charge is 0.202 e. The van der Waals surface area contributed by atoms with Crippen molar-refractivity contribution in [1.29, 1.82) is 0 Å². The number of hydrazone groups is 1. The molecular weight excluding hydrogens is 574 g/mol. The summed E-state index contributed by atoms with van der Waals surface area (Å²) in [5, 5.41) is 14.0. The van der Waals surface area contributed by atoms with Crippen molar-refractivity contribution in [1.82, 2.24) is 14.8 Å². The lowest BCUT2D eigenvalue weighted by molar-refractivity contribution is -0.110. The van der Waals surface area contributed by atoms with Crippen molar-refractivity contribution in [2.24, 2.45) is 5.10 Å². The van der Waals surface area contributed by atoms with Crippen LogP contribution in [0.1, 0.15) is 56.3 Å². The molecule has 1 aliphatic carbocycles. The number of thioether (sulfide) groups is 1. The maximum Gasteiger partial charge on any atom is 0.202 e. The molecule has 0 bridgehead atoms. The predicted octanol–water partition coefficient (Wildman–Crippen LogP) is 7.76. The number of rotatable bonds is 9. The first-order valence-corrected chi connectivity index (χ1v) is 14.7. The molecule has 1 aliphatic rings. The van der Waals surface area contributed by atoms with Crippen LogP contribution in [-0.4, -0.2) is 25.6 Å². The summed E-state index contributed by atoms with van der Waals surface area (Å²) in [6, 6.07) is 25.8. The molecule has 4 aromatic rings. The third kappa shape index (κ3) is 7.16. The number of ketones is 1. The Morgan fingerprint density at radius 3 is 2.41 bits per heavy atom. The van der Waals surface area contributed by atoms with Gasteiger partial charge in [-0.15, -0.1) is 10.2 Å². The first-order valence-electron chi connectivity index (χ1n) is 13.1. The number of carbonyl (C=O) groups excluding carboxylic acids is 1. The van der Waals surface area contributed by atoms with Gasteiger partial charge in [-0.2, -0.15) is 5.10 Å². The average Bonchev–Trinajstić information content (AvgIpc) is 3.38. The quantitative estimate of drug-likeness (QED) is 0.0910. The molecule has 1 aromatic heterocycles. The topological polar surface area (TPSA) is 81.4 Å². The molecule has 9 heteroatoms. The highest BCUT2D eigenvalue weighted by atomic mass is 79.9. The van der Waals surface area contributed by atoms with E-state index in [9.17, 15) is 4.79 Å². The Balaban J connectivity index is 1.34. The van der Waals surface area contributed by atoms with Crippen molar-refractivity contribution in [2.45, 2.75) is 56.7 Å². The van der Waals surface area contributed by atoms with E-state index in [2.05, 4.69) is 48.8 Å². The van der Waals surface area contributed by atoms with Crippen LogP contribution in [0.15, 0.2) is 93.6 Å². The first-order chi connectivity index (χ1) is 19.1. The molecule has 0 amide bonds. The standard InChI is InChI=1S/C30H30BrN5O2S/c1-21(37)29(34-32-25-16-14-24(31)15-17-25)39-30-35-33-28(36(30)26-10-6-3-7-11-26)20-38-27-18-12-23(13-19-27)22-8-4-2-5-9-22/h3,6-7,10-19,22,32H,2,4-5,8-9,20H2,1H3/b34-29+. The number of Topliss-reactive ketones (excluding diaryl/α,β-unsaturated/α-hetero) is 1. The normalized spacial score (nSPS) is 14.3. The molecule has 1 saturated carbocycles. The highest BCUT2D eigenvalue weighted by Crippen LogP contribution is 2.33. The van der Waals surface area contributed by atoms with Crippen molar-refractivity contribution in [3.05, 3.63) is 94.7 Å². The molecule has 0 unspecified atom stereocenters. The summed E-state index contributed by atoms with van der Waals surface area (Å²) in [5.41, 5.74) is 5.99. The van der Waals surface area contributed by atoms with Gasteiger partial charge in [-0.25, -0.2) is 0 Å². The molecule has 200 valence electrons. The monoisotopic (exact) mass is 603 g/mol.